The zero-order valence-electron chi connectivity index (χ0n) is 21.6. The number of rotatable bonds is 7. The quantitative estimate of drug-likeness (QED) is 0.197. The summed E-state index contributed by atoms with van der Waals surface area (Å²) in [7, 11) is 0. The van der Waals surface area contributed by atoms with E-state index in [1.807, 2.05) is 48.5 Å². The Morgan fingerprint density at radius 3 is 2.48 bits per heavy atom. The number of fused-ring (bicyclic) bond motifs is 3. The summed E-state index contributed by atoms with van der Waals surface area (Å²) in [6, 6.07) is 22.8. The van der Waals surface area contributed by atoms with Gasteiger partial charge in [-0.05, 0) is 65.4 Å². The van der Waals surface area contributed by atoms with Crippen molar-refractivity contribution in [3.63, 3.8) is 0 Å². The normalized spacial score (nSPS) is 11.7. The van der Waals surface area contributed by atoms with Crippen molar-refractivity contribution >= 4 is 56.3 Å². The number of para-hydroxylation sites is 1. The van der Waals surface area contributed by atoms with Gasteiger partial charge in [0.25, 0.3) is 0 Å². The van der Waals surface area contributed by atoms with Gasteiger partial charge >= 0.3 is 6.36 Å². The molecule has 204 valence electrons. The first-order valence-electron chi connectivity index (χ1n) is 12.5. The van der Waals surface area contributed by atoms with Crippen molar-refractivity contribution < 1.29 is 22.7 Å². The van der Waals surface area contributed by atoms with Crippen LogP contribution in [0.25, 0.3) is 27.5 Å². The molecule has 0 unspecified atom stereocenters. The third-order valence-electron chi connectivity index (χ3n) is 6.34. The molecule has 1 heterocycles. The zero-order valence-corrected chi connectivity index (χ0v) is 22.4. The molecule has 10 heteroatoms. The van der Waals surface area contributed by atoms with E-state index in [-0.39, 0.29) is 18.1 Å². The molecule has 0 aliphatic heterocycles. The number of ether oxygens (including phenoxy) is 1. The SMILES string of the molecule is CC(C)c1ccccc1NC(=S)CC(=O)Nc1ccc2c(ccc3c2ncn3-c2ccc(OC(F)(F)F)cc2)c1. The van der Waals surface area contributed by atoms with Crippen LogP contribution in [-0.2, 0) is 4.79 Å². The lowest BCUT2D eigenvalue weighted by Crippen LogP contribution is -2.20. The Morgan fingerprint density at radius 1 is 1.00 bits per heavy atom. The number of nitrogens with one attached hydrogen (secondary N) is 2. The van der Waals surface area contributed by atoms with Gasteiger partial charge in [0.05, 0.1) is 22.4 Å². The van der Waals surface area contributed by atoms with Crippen LogP contribution in [0.1, 0.15) is 31.7 Å². The summed E-state index contributed by atoms with van der Waals surface area (Å²) in [5, 5.41) is 7.84. The zero-order chi connectivity index (χ0) is 28.4. The fourth-order valence-corrected chi connectivity index (χ4v) is 4.80. The Hall–Kier alpha value is -4.44. The third-order valence-corrected chi connectivity index (χ3v) is 6.59. The van der Waals surface area contributed by atoms with E-state index in [0.717, 1.165) is 33.1 Å². The molecule has 4 aromatic carbocycles. The average Bonchev–Trinajstić information content (AvgIpc) is 3.32. The summed E-state index contributed by atoms with van der Waals surface area (Å²) in [6.07, 6.45) is -3.09. The highest BCUT2D eigenvalue weighted by Crippen LogP contribution is 2.30. The Labute approximate surface area is 233 Å². The van der Waals surface area contributed by atoms with Crippen molar-refractivity contribution in [1.29, 1.82) is 0 Å². The van der Waals surface area contributed by atoms with Gasteiger partial charge in [0.1, 0.15) is 12.1 Å². The van der Waals surface area contributed by atoms with Gasteiger partial charge in [-0.1, -0.05) is 56.4 Å². The van der Waals surface area contributed by atoms with Crippen molar-refractivity contribution in [2.45, 2.75) is 32.5 Å². The van der Waals surface area contributed by atoms with E-state index in [0.29, 0.717) is 22.3 Å². The Morgan fingerprint density at radius 2 is 1.75 bits per heavy atom. The minimum Gasteiger partial charge on any atom is -0.406 e. The van der Waals surface area contributed by atoms with Crippen molar-refractivity contribution in [2.24, 2.45) is 0 Å². The molecule has 0 radical (unpaired) electrons. The van der Waals surface area contributed by atoms with Crippen LogP contribution in [0.4, 0.5) is 24.5 Å². The van der Waals surface area contributed by atoms with Gasteiger partial charge in [-0.25, -0.2) is 4.98 Å². The van der Waals surface area contributed by atoms with Crippen LogP contribution >= 0.6 is 12.2 Å². The molecule has 0 saturated heterocycles. The van der Waals surface area contributed by atoms with Crippen LogP contribution in [0.15, 0.2) is 85.2 Å². The largest absolute Gasteiger partial charge is 0.573 e. The van der Waals surface area contributed by atoms with Gasteiger partial charge in [0.2, 0.25) is 5.91 Å². The van der Waals surface area contributed by atoms with Gasteiger partial charge in [-0.3, -0.25) is 9.36 Å². The molecule has 40 heavy (non-hydrogen) atoms. The molecule has 6 nitrogen and oxygen atoms in total. The summed E-state index contributed by atoms with van der Waals surface area (Å²) < 4.78 is 43.2. The molecular formula is C30H25F3N4O2S. The van der Waals surface area contributed by atoms with Crippen LogP contribution in [0.3, 0.4) is 0 Å². The number of carbonyl (C=O) groups excluding carboxylic acids is 1. The second kappa shape index (κ2) is 11.0. The first-order valence-corrected chi connectivity index (χ1v) is 12.9. The molecule has 5 rings (SSSR count). The first kappa shape index (κ1) is 27.1. The number of thiocarbonyl (C=S) groups is 1. The summed E-state index contributed by atoms with van der Waals surface area (Å²) in [4.78, 5) is 17.7. The lowest BCUT2D eigenvalue weighted by atomic mass is 10.0. The van der Waals surface area contributed by atoms with Crippen LogP contribution < -0.4 is 15.4 Å². The summed E-state index contributed by atoms with van der Waals surface area (Å²) >= 11 is 5.44. The number of aromatic nitrogens is 2. The van der Waals surface area contributed by atoms with Gasteiger partial charge in [0.15, 0.2) is 0 Å². The number of hydrogen-bond donors (Lipinski definition) is 2. The molecule has 1 aromatic heterocycles. The van der Waals surface area contributed by atoms with Crippen molar-refractivity contribution in [1.82, 2.24) is 9.55 Å². The smallest absolute Gasteiger partial charge is 0.406 e. The molecule has 0 spiro atoms. The fourth-order valence-electron chi connectivity index (χ4n) is 4.56. The summed E-state index contributed by atoms with van der Waals surface area (Å²) in [6.45, 7) is 4.20. The average molecular weight is 563 g/mol. The number of nitrogens with zero attached hydrogens (tertiary/aromatic N) is 2. The third kappa shape index (κ3) is 6.07. The minimum atomic E-state index is -4.75. The number of anilines is 2. The van der Waals surface area contributed by atoms with Crippen LogP contribution in [0.2, 0.25) is 0 Å². The molecule has 0 atom stereocenters. The Balaban J connectivity index is 1.30. The molecule has 0 aliphatic rings. The predicted molar refractivity (Wildman–Crippen MR) is 155 cm³/mol. The second-order valence-electron chi connectivity index (χ2n) is 9.54. The van der Waals surface area contributed by atoms with E-state index in [1.165, 1.54) is 24.3 Å². The predicted octanol–water partition coefficient (Wildman–Crippen LogP) is 7.97. The van der Waals surface area contributed by atoms with E-state index in [4.69, 9.17) is 12.2 Å². The van der Waals surface area contributed by atoms with Crippen molar-refractivity contribution in [3.8, 4) is 11.4 Å². The lowest BCUT2D eigenvalue weighted by molar-refractivity contribution is -0.274. The van der Waals surface area contributed by atoms with Gasteiger partial charge in [-0.2, -0.15) is 0 Å². The standard InChI is InChI=1S/C30H25F3N4O2S/c1-18(2)23-5-3-4-6-25(23)36-28(40)16-27(38)35-20-8-13-24-19(15-20)7-14-26-29(24)34-17-37(26)21-9-11-22(12-10-21)39-30(31,32)33/h3-15,17-18H,16H2,1-2H3,(H,35,38)(H,36,40). The number of hydrogen-bond acceptors (Lipinski definition) is 4. The Bertz CT molecular complexity index is 1710. The van der Waals surface area contributed by atoms with Gasteiger partial charge in [-0.15, -0.1) is 13.2 Å². The maximum atomic E-state index is 12.7. The fraction of sp³-hybridized carbons (Fsp3) is 0.167. The molecule has 0 saturated carbocycles. The molecule has 0 aliphatic carbocycles. The number of carbonyl (C=O) groups is 1. The van der Waals surface area contributed by atoms with Crippen LogP contribution in [-0.4, -0.2) is 26.8 Å². The van der Waals surface area contributed by atoms with Crippen LogP contribution in [0.5, 0.6) is 5.75 Å². The second-order valence-corrected chi connectivity index (χ2v) is 10.0. The number of halogens is 3. The monoisotopic (exact) mass is 562 g/mol. The first-order chi connectivity index (χ1) is 19.1. The van der Waals surface area contributed by atoms with Gasteiger partial charge in [0, 0.05) is 22.4 Å². The number of amides is 1. The maximum Gasteiger partial charge on any atom is 0.573 e. The molecule has 1 amide bonds. The van der Waals surface area contributed by atoms with E-state index in [2.05, 4.69) is 34.2 Å². The molecule has 5 aromatic rings. The molecule has 2 N–H and O–H groups in total. The van der Waals surface area contributed by atoms with E-state index in [9.17, 15) is 18.0 Å². The number of imidazole rings is 1. The van der Waals surface area contributed by atoms with E-state index in [1.54, 1.807) is 17.0 Å². The summed E-state index contributed by atoms with van der Waals surface area (Å²) in [5.41, 5.74) is 4.80. The number of alkyl halides is 3. The number of benzene rings is 4. The topological polar surface area (TPSA) is 68.2 Å². The van der Waals surface area contributed by atoms with E-state index < -0.39 is 6.36 Å². The highest BCUT2D eigenvalue weighted by Gasteiger charge is 2.31. The van der Waals surface area contributed by atoms with Crippen molar-refractivity contribution in [2.75, 3.05) is 10.6 Å². The van der Waals surface area contributed by atoms with E-state index >= 15 is 0 Å². The Kier molecular flexibility index (Phi) is 7.44. The van der Waals surface area contributed by atoms with Gasteiger partial charge < -0.3 is 15.4 Å². The molecule has 0 bridgehead atoms. The highest BCUT2D eigenvalue weighted by atomic mass is 32.1. The maximum absolute atomic E-state index is 12.7. The van der Waals surface area contributed by atoms with Crippen molar-refractivity contribution in [3.05, 3.63) is 90.8 Å². The lowest BCUT2D eigenvalue weighted by Gasteiger charge is -2.15. The molecular weight excluding hydrogens is 537 g/mol. The molecule has 0 fully saturated rings. The highest BCUT2D eigenvalue weighted by molar-refractivity contribution is 7.80. The minimum absolute atomic E-state index is 0.0377. The van der Waals surface area contributed by atoms with Crippen LogP contribution in [0, 0.1) is 0 Å². The summed E-state index contributed by atoms with van der Waals surface area (Å²) in [5.74, 6) is -0.214.